The molecule has 1 atom stereocenters. The highest BCUT2D eigenvalue weighted by Crippen LogP contribution is 2.15. The molecule has 1 unspecified atom stereocenters. The first kappa shape index (κ1) is 14.7. The molecule has 0 saturated heterocycles. The van der Waals surface area contributed by atoms with Crippen LogP contribution >= 0.6 is 0 Å². The molecule has 5 nitrogen and oxygen atoms in total. The number of nitrogens with one attached hydrogen (secondary N) is 1. The van der Waals surface area contributed by atoms with E-state index in [0.29, 0.717) is 12.1 Å². The third-order valence-corrected chi connectivity index (χ3v) is 3.38. The molecule has 5 heteroatoms. The van der Waals surface area contributed by atoms with Gasteiger partial charge in [-0.05, 0) is 32.3 Å². The van der Waals surface area contributed by atoms with Gasteiger partial charge < -0.3 is 10.4 Å². The first-order chi connectivity index (χ1) is 8.45. The minimum absolute atomic E-state index is 0.0657. The summed E-state index contributed by atoms with van der Waals surface area (Å²) in [6.07, 6.45) is 2.13. The van der Waals surface area contributed by atoms with Crippen LogP contribution in [-0.2, 0) is 13.5 Å². The fourth-order valence-electron chi connectivity index (χ4n) is 1.82. The third kappa shape index (κ3) is 3.32. The van der Waals surface area contributed by atoms with E-state index in [-0.39, 0.29) is 18.1 Å². The lowest BCUT2D eigenvalue weighted by molar-refractivity contribution is 0.0876. The summed E-state index contributed by atoms with van der Waals surface area (Å²) in [5.41, 5.74) is 1.09. The van der Waals surface area contributed by atoms with Gasteiger partial charge in [-0.25, -0.2) is 0 Å². The van der Waals surface area contributed by atoms with Crippen LogP contribution in [0.5, 0.6) is 0 Å². The van der Waals surface area contributed by atoms with Gasteiger partial charge in [0.1, 0.15) is 5.69 Å². The van der Waals surface area contributed by atoms with E-state index in [0.717, 1.165) is 18.5 Å². The number of rotatable bonds is 6. The number of aromatic nitrogens is 2. The maximum atomic E-state index is 12.2. The maximum Gasteiger partial charge on any atom is 0.269 e. The fourth-order valence-corrected chi connectivity index (χ4v) is 1.82. The van der Waals surface area contributed by atoms with Crippen molar-refractivity contribution in [3.8, 4) is 0 Å². The first-order valence-electron chi connectivity index (χ1n) is 6.42. The highest BCUT2D eigenvalue weighted by molar-refractivity contribution is 5.93. The van der Waals surface area contributed by atoms with Gasteiger partial charge >= 0.3 is 0 Å². The van der Waals surface area contributed by atoms with Crippen LogP contribution in [0.4, 0.5) is 0 Å². The van der Waals surface area contributed by atoms with Crippen LogP contribution in [0, 0.1) is 0 Å². The summed E-state index contributed by atoms with van der Waals surface area (Å²) >= 11 is 0. The topological polar surface area (TPSA) is 67.2 Å². The van der Waals surface area contributed by atoms with Crippen molar-refractivity contribution < 1.29 is 9.90 Å². The lowest BCUT2D eigenvalue weighted by atomic mass is 9.94. The predicted molar refractivity (Wildman–Crippen MR) is 70.5 cm³/mol. The molecular weight excluding hydrogens is 230 g/mol. The average Bonchev–Trinajstić information content (AvgIpc) is 2.71. The Kier molecular flexibility index (Phi) is 4.90. The van der Waals surface area contributed by atoms with Gasteiger partial charge in [0.15, 0.2) is 0 Å². The Hall–Kier alpha value is -1.36. The Balaban J connectivity index is 2.83. The minimum atomic E-state index is -0.373. The first-order valence-corrected chi connectivity index (χ1v) is 6.42. The van der Waals surface area contributed by atoms with Crippen LogP contribution < -0.4 is 5.32 Å². The van der Waals surface area contributed by atoms with Gasteiger partial charge in [-0.1, -0.05) is 13.8 Å². The molecule has 0 radical (unpaired) electrons. The van der Waals surface area contributed by atoms with Crippen molar-refractivity contribution in [2.45, 2.75) is 45.6 Å². The van der Waals surface area contributed by atoms with Crippen molar-refractivity contribution in [2.75, 3.05) is 6.61 Å². The summed E-state index contributed by atoms with van der Waals surface area (Å²) in [4.78, 5) is 12.2. The minimum Gasteiger partial charge on any atom is -0.396 e. The zero-order valence-corrected chi connectivity index (χ0v) is 11.7. The normalized spacial score (nSPS) is 14.3. The Morgan fingerprint density at radius 3 is 2.67 bits per heavy atom. The van der Waals surface area contributed by atoms with Crippen LogP contribution in [0.2, 0.25) is 0 Å². The number of aliphatic hydroxyl groups is 1. The zero-order valence-electron chi connectivity index (χ0n) is 11.7. The van der Waals surface area contributed by atoms with Crippen LogP contribution in [0.25, 0.3) is 0 Å². The SMILES string of the molecule is CCc1cc(C(=O)NC(C)(CC)CCO)n(C)n1. The highest BCUT2D eigenvalue weighted by Gasteiger charge is 2.25. The molecule has 1 aromatic heterocycles. The van der Waals surface area contributed by atoms with E-state index < -0.39 is 0 Å². The van der Waals surface area contributed by atoms with E-state index in [4.69, 9.17) is 5.11 Å². The molecular formula is C13H23N3O2. The van der Waals surface area contributed by atoms with E-state index in [1.54, 1.807) is 11.7 Å². The van der Waals surface area contributed by atoms with Gasteiger partial charge in [0.2, 0.25) is 0 Å². The standard InChI is InChI=1S/C13H23N3O2/c1-5-10-9-11(16(4)15-10)12(18)14-13(3,6-2)7-8-17/h9,17H,5-8H2,1-4H3,(H,14,18). The smallest absolute Gasteiger partial charge is 0.269 e. The number of aryl methyl sites for hydroxylation is 2. The number of hydrogen-bond acceptors (Lipinski definition) is 3. The van der Waals surface area contributed by atoms with E-state index in [9.17, 15) is 4.79 Å². The number of nitrogens with zero attached hydrogens (tertiary/aromatic N) is 2. The van der Waals surface area contributed by atoms with Gasteiger partial charge in [0.25, 0.3) is 5.91 Å². The van der Waals surface area contributed by atoms with Gasteiger partial charge in [-0.2, -0.15) is 5.10 Å². The van der Waals surface area contributed by atoms with E-state index in [2.05, 4.69) is 10.4 Å². The molecule has 0 bridgehead atoms. The Morgan fingerprint density at radius 2 is 2.22 bits per heavy atom. The van der Waals surface area contributed by atoms with Gasteiger partial charge in [-0.15, -0.1) is 0 Å². The number of amides is 1. The molecule has 0 aliphatic carbocycles. The fraction of sp³-hybridized carbons (Fsp3) is 0.692. The van der Waals surface area contributed by atoms with Crippen molar-refractivity contribution in [1.29, 1.82) is 0 Å². The second-order valence-corrected chi connectivity index (χ2v) is 4.84. The molecule has 1 amide bonds. The monoisotopic (exact) mass is 253 g/mol. The number of carbonyl (C=O) groups excluding carboxylic acids is 1. The predicted octanol–water partition coefficient (Wildman–Crippen LogP) is 1.26. The third-order valence-electron chi connectivity index (χ3n) is 3.38. The quantitative estimate of drug-likeness (QED) is 0.802. The van der Waals surface area contributed by atoms with E-state index in [1.165, 1.54) is 0 Å². The molecule has 1 rings (SSSR count). The molecule has 1 heterocycles. The lowest BCUT2D eigenvalue weighted by Crippen LogP contribution is -2.46. The molecule has 102 valence electrons. The summed E-state index contributed by atoms with van der Waals surface area (Å²) < 4.78 is 1.60. The van der Waals surface area contributed by atoms with Crippen LogP contribution in [-0.4, -0.2) is 32.9 Å². The van der Waals surface area contributed by atoms with Crippen LogP contribution in [0.3, 0.4) is 0 Å². The van der Waals surface area contributed by atoms with Crippen molar-refractivity contribution >= 4 is 5.91 Å². The largest absolute Gasteiger partial charge is 0.396 e. The molecule has 0 fully saturated rings. The van der Waals surface area contributed by atoms with Crippen LogP contribution in [0.1, 0.15) is 49.8 Å². The molecule has 2 N–H and O–H groups in total. The van der Waals surface area contributed by atoms with Crippen molar-refractivity contribution in [2.24, 2.45) is 7.05 Å². The maximum absolute atomic E-state index is 12.2. The number of aliphatic hydroxyl groups excluding tert-OH is 1. The number of carbonyl (C=O) groups is 1. The highest BCUT2D eigenvalue weighted by atomic mass is 16.3. The van der Waals surface area contributed by atoms with Gasteiger partial charge in [-0.3, -0.25) is 9.48 Å². The zero-order chi connectivity index (χ0) is 13.8. The van der Waals surface area contributed by atoms with E-state index >= 15 is 0 Å². The lowest BCUT2D eigenvalue weighted by Gasteiger charge is -2.28. The van der Waals surface area contributed by atoms with Crippen LogP contribution in [0.15, 0.2) is 6.07 Å². The van der Waals surface area contributed by atoms with Gasteiger partial charge in [0, 0.05) is 19.2 Å². The summed E-state index contributed by atoms with van der Waals surface area (Å²) in [6, 6.07) is 1.81. The summed E-state index contributed by atoms with van der Waals surface area (Å²) in [5, 5.41) is 16.3. The molecule has 1 aromatic rings. The Bertz CT molecular complexity index is 414. The molecule has 18 heavy (non-hydrogen) atoms. The summed E-state index contributed by atoms with van der Waals surface area (Å²) in [7, 11) is 1.77. The molecule has 0 aliphatic heterocycles. The number of hydrogen-bond donors (Lipinski definition) is 2. The van der Waals surface area contributed by atoms with Crippen molar-refractivity contribution in [3.63, 3.8) is 0 Å². The average molecular weight is 253 g/mol. The van der Waals surface area contributed by atoms with E-state index in [1.807, 2.05) is 26.8 Å². The molecule has 0 saturated carbocycles. The second-order valence-electron chi connectivity index (χ2n) is 4.84. The molecule has 0 aromatic carbocycles. The van der Waals surface area contributed by atoms with Crippen molar-refractivity contribution in [3.05, 3.63) is 17.5 Å². The Labute approximate surface area is 108 Å². The summed E-state index contributed by atoms with van der Waals surface area (Å²) in [5.74, 6) is -0.137. The molecule has 0 spiro atoms. The molecule has 0 aliphatic rings. The van der Waals surface area contributed by atoms with Gasteiger partial charge in [0.05, 0.1) is 5.69 Å². The summed E-state index contributed by atoms with van der Waals surface area (Å²) in [6.45, 7) is 6.01. The second kappa shape index (κ2) is 6.00. The Morgan fingerprint density at radius 1 is 1.56 bits per heavy atom. The van der Waals surface area contributed by atoms with Crippen molar-refractivity contribution in [1.82, 2.24) is 15.1 Å².